The molecule has 0 aliphatic carbocycles. The Bertz CT molecular complexity index is 244. The molecule has 0 aliphatic rings. The van der Waals surface area contributed by atoms with Crippen LogP contribution in [0.15, 0.2) is 11.4 Å². The van der Waals surface area contributed by atoms with Crippen molar-refractivity contribution < 1.29 is 4.92 Å². The summed E-state index contributed by atoms with van der Waals surface area (Å²) in [5.74, 6) is 0. The Morgan fingerprint density at radius 3 is 2.90 bits per heavy atom. The first-order valence-electron chi connectivity index (χ1n) is 2.96. The number of aryl methyl sites for hydroxylation is 1. The lowest BCUT2D eigenvalue weighted by Crippen LogP contribution is -1.88. The van der Waals surface area contributed by atoms with E-state index in [4.69, 9.17) is 0 Å². The van der Waals surface area contributed by atoms with E-state index in [2.05, 4.69) is 0 Å². The molecule has 0 unspecified atom stereocenters. The standard InChI is InChI=1S/C6H7NO2S/c1-2-6-5(7(8)9)3-4-10-6/h3-4H,2H2,1H3. The maximum atomic E-state index is 10.3. The maximum absolute atomic E-state index is 10.3. The van der Waals surface area contributed by atoms with Crippen LogP contribution in [-0.2, 0) is 6.42 Å². The van der Waals surface area contributed by atoms with Gasteiger partial charge in [-0.15, -0.1) is 11.3 Å². The van der Waals surface area contributed by atoms with Gasteiger partial charge in [-0.05, 0) is 11.8 Å². The number of hydrogen-bond acceptors (Lipinski definition) is 3. The fourth-order valence-electron chi connectivity index (χ4n) is 0.761. The van der Waals surface area contributed by atoms with Crippen LogP contribution in [-0.4, -0.2) is 4.92 Å². The molecule has 3 nitrogen and oxygen atoms in total. The van der Waals surface area contributed by atoms with Gasteiger partial charge in [0.1, 0.15) is 0 Å². The quantitative estimate of drug-likeness (QED) is 0.488. The van der Waals surface area contributed by atoms with Crippen LogP contribution in [0.4, 0.5) is 5.69 Å². The van der Waals surface area contributed by atoms with Crippen LogP contribution < -0.4 is 0 Å². The molecule has 0 aromatic carbocycles. The molecule has 0 saturated heterocycles. The third-order valence-electron chi connectivity index (χ3n) is 1.24. The molecule has 0 atom stereocenters. The van der Waals surface area contributed by atoms with Crippen LogP contribution in [0.25, 0.3) is 0 Å². The van der Waals surface area contributed by atoms with Crippen molar-refractivity contribution in [2.45, 2.75) is 13.3 Å². The van der Waals surface area contributed by atoms with Crippen molar-refractivity contribution in [3.63, 3.8) is 0 Å². The number of nitro groups is 1. The molecule has 0 aliphatic heterocycles. The third-order valence-corrected chi connectivity index (χ3v) is 2.29. The molecule has 4 heteroatoms. The second-order valence-corrected chi connectivity index (χ2v) is 2.84. The fraction of sp³-hybridized carbons (Fsp3) is 0.333. The molecule has 1 aromatic heterocycles. The summed E-state index contributed by atoms with van der Waals surface area (Å²) in [5.41, 5.74) is 0.257. The first kappa shape index (κ1) is 7.21. The van der Waals surface area contributed by atoms with Crippen LogP contribution in [0.5, 0.6) is 0 Å². The average molecular weight is 157 g/mol. The summed E-state index contributed by atoms with van der Waals surface area (Å²) in [4.78, 5) is 10.8. The van der Waals surface area contributed by atoms with Crippen LogP contribution in [0.3, 0.4) is 0 Å². The highest BCUT2D eigenvalue weighted by Gasteiger charge is 2.11. The molecule has 0 radical (unpaired) electrons. The number of hydrogen-bond donors (Lipinski definition) is 0. The van der Waals surface area contributed by atoms with E-state index in [1.807, 2.05) is 6.92 Å². The minimum atomic E-state index is -0.338. The minimum absolute atomic E-state index is 0.257. The van der Waals surface area contributed by atoms with Gasteiger partial charge in [0, 0.05) is 6.07 Å². The van der Waals surface area contributed by atoms with Crippen LogP contribution in [0, 0.1) is 10.1 Å². The van der Waals surface area contributed by atoms with Crippen molar-refractivity contribution in [3.05, 3.63) is 26.4 Å². The van der Waals surface area contributed by atoms with Gasteiger partial charge in [-0.1, -0.05) is 6.92 Å². The zero-order chi connectivity index (χ0) is 7.56. The SMILES string of the molecule is CCc1sccc1[N+](=O)[O-]. The zero-order valence-electron chi connectivity index (χ0n) is 5.53. The topological polar surface area (TPSA) is 43.1 Å². The van der Waals surface area contributed by atoms with E-state index in [1.165, 1.54) is 11.3 Å². The van der Waals surface area contributed by atoms with Crippen molar-refractivity contribution in [3.8, 4) is 0 Å². The highest BCUT2D eigenvalue weighted by Crippen LogP contribution is 2.24. The van der Waals surface area contributed by atoms with Crippen molar-refractivity contribution in [2.24, 2.45) is 0 Å². The first-order valence-corrected chi connectivity index (χ1v) is 3.84. The van der Waals surface area contributed by atoms with E-state index >= 15 is 0 Å². The molecule has 0 spiro atoms. The highest BCUT2D eigenvalue weighted by atomic mass is 32.1. The molecule has 0 saturated carbocycles. The van der Waals surface area contributed by atoms with E-state index < -0.39 is 0 Å². The van der Waals surface area contributed by atoms with Gasteiger partial charge in [0.15, 0.2) is 0 Å². The van der Waals surface area contributed by atoms with Crippen molar-refractivity contribution in [1.82, 2.24) is 0 Å². The summed E-state index contributed by atoms with van der Waals surface area (Å²) in [5, 5.41) is 12.0. The summed E-state index contributed by atoms with van der Waals surface area (Å²) in [6.45, 7) is 1.92. The molecule has 10 heavy (non-hydrogen) atoms. The summed E-state index contributed by atoms with van der Waals surface area (Å²) in [7, 11) is 0. The molecular formula is C6H7NO2S. The Labute approximate surface area is 62.5 Å². The smallest absolute Gasteiger partial charge is 0.258 e. The molecular weight excluding hydrogens is 150 g/mol. The Hall–Kier alpha value is -0.900. The summed E-state index contributed by atoms with van der Waals surface area (Å²) >= 11 is 1.44. The van der Waals surface area contributed by atoms with Gasteiger partial charge in [0.2, 0.25) is 0 Å². The lowest BCUT2D eigenvalue weighted by atomic mass is 10.3. The van der Waals surface area contributed by atoms with Gasteiger partial charge in [-0.3, -0.25) is 10.1 Å². The van der Waals surface area contributed by atoms with E-state index in [1.54, 1.807) is 11.4 Å². The Morgan fingerprint density at radius 2 is 2.50 bits per heavy atom. The number of rotatable bonds is 2. The summed E-state index contributed by atoms with van der Waals surface area (Å²) in [6, 6.07) is 1.55. The molecule has 0 N–H and O–H groups in total. The molecule has 1 heterocycles. The molecule has 0 amide bonds. The number of thiophene rings is 1. The predicted molar refractivity (Wildman–Crippen MR) is 40.4 cm³/mol. The van der Waals surface area contributed by atoms with E-state index in [0.717, 1.165) is 11.3 Å². The monoisotopic (exact) mass is 157 g/mol. The highest BCUT2D eigenvalue weighted by molar-refractivity contribution is 7.10. The minimum Gasteiger partial charge on any atom is -0.258 e. The van der Waals surface area contributed by atoms with Gasteiger partial charge in [0.25, 0.3) is 5.69 Å². The largest absolute Gasteiger partial charge is 0.283 e. The van der Waals surface area contributed by atoms with Crippen molar-refractivity contribution in [1.29, 1.82) is 0 Å². The van der Waals surface area contributed by atoms with Crippen LogP contribution >= 0.6 is 11.3 Å². The Kier molecular flexibility index (Phi) is 2.01. The van der Waals surface area contributed by atoms with Crippen molar-refractivity contribution in [2.75, 3.05) is 0 Å². The second kappa shape index (κ2) is 2.79. The normalized spacial score (nSPS) is 9.70. The van der Waals surface area contributed by atoms with Gasteiger partial charge in [0.05, 0.1) is 9.80 Å². The Morgan fingerprint density at radius 1 is 1.80 bits per heavy atom. The predicted octanol–water partition coefficient (Wildman–Crippen LogP) is 2.22. The molecule has 1 rings (SSSR count). The molecule has 0 bridgehead atoms. The van der Waals surface area contributed by atoms with Crippen LogP contribution in [0.1, 0.15) is 11.8 Å². The van der Waals surface area contributed by atoms with E-state index in [-0.39, 0.29) is 10.6 Å². The molecule has 54 valence electrons. The van der Waals surface area contributed by atoms with E-state index in [9.17, 15) is 10.1 Å². The lowest BCUT2D eigenvalue weighted by Gasteiger charge is -1.88. The summed E-state index contributed by atoms with van der Waals surface area (Å²) < 4.78 is 0. The first-order chi connectivity index (χ1) is 4.75. The van der Waals surface area contributed by atoms with Gasteiger partial charge in [-0.25, -0.2) is 0 Å². The van der Waals surface area contributed by atoms with Gasteiger partial charge in [-0.2, -0.15) is 0 Å². The lowest BCUT2D eigenvalue weighted by molar-refractivity contribution is -0.385. The number of nitrogens with zero attached hydrogens (tertiary/aromatic N) is 1. The Balaban J connectivity index is 3.01. The third kappa shape index (κ3) is 1.16. The summed E-state index contributed by atoms with van der Waals surface area (Å²) in [6.07, 6.45) is 0.744. The molecule has 1 aromatic rings. The van der Waals surface area contributed by atoms with Crippen molar-refractivity contribution >= 4 is 17.0 Å². The fourth-order valence-corrected chi connectivity index (χ4v) is 1.55. The van der Waals surface area contributed by atoms with Gasteiger partial charge < -0.3 is 0 Å². The molecule has 0 fully saturated rings. The van der Waals surface area contributed by atoms with Crippen LogP contribution in [0.2, 0.25) is 0 Å². The second-order valence-electron chi connectivity index (χ2n) is 1.84. The zero-order valence-corrected chi connectivity index (χ0v) is 6.35. The maximum Gasteiger partial charge on any atom is 0.283 e. The van der Waals surface area contributed by atoms with E-state index in [0.29, 0.717) is 0 Å². The van der Waals surface area contributed by atoms with Gasteiger partial charge >= 0.3 is 0 Å². The average Bonchev–Trinajstić information content (AvgIpc) is 2.33.